The molecule has 11 heteroatoms. The van der Waals surface area contributed by atoms with Crippen LogP contribution >= 0.6 is 0 Å². The van der Waals surface area contributed by atoms with Crippen molar-refractivity contribution < 1.29 is 18.7 Å². The molecule has 0 bridgehead atoms. The SMILES string of the molecule is COC(=O)CNC(=O)Nc1nc2cc(-c3cc(Cc4n[nH]c(=O)c5ccccc45)ccc3F)ccc2[nH]1. The number of carbonyl (C=O) groups is 2. The summed E-state index contributed by atoms with van der Waals surface area (Å²) < 4.78 is 19.3. The highest BCUT2D eigenvalue weighted by atomic mass is 19.1. The number of halogens is 1. The van der Waals surface area contributed by atoms with Crippen LogP contribution in [0.3, 0.4) is 0 Å². The second kappa shape index (κ2) is 9.90. The number of rotatable bonds is 6. The lowest BCUT2D eigenvalue weighted by molar-refractivity contribution is -0.139. The van der Waals surface area contributed by atoms with Gasteiger partial charge in [-0.1, -0.05) is 30.3 Å². The standard InChI is InChI=1S/C26H21FN6O4/c1-37-23(34)13-28-26(36)31-25-29-20-9-7-15(12-22(20)30-25)18-10-14(6-8-19(18)27)11-21-16-4-2-3-5-17(16)24(35)33-32-21/h2-10,12H,11,13H2,1H3,(H,33,35)(H3,28,29,30,31,36). The van der Waals surface area contributed by atoms with Crippen LogP contribution in [0.5, 0.6) is 0 Å². The number of carbonyl (C=O) groups excluding carboxylic acids is 2. The molecular weight excluding hydrogens is 479 g/mol. The number of methoxy groups -OCH3 is 1. The molecule has 2 aromatic heterocycles. The lowest BCUT2D eigenvalue weighted by atomic mass is 9.98. The Morgan fingerprint density at radius 2 is 1.86 bits per heavy atom. The van der Waals surface area contributed by atoms with E-state index in [9.17, 15) is 18.8 Å². The van der Waals surface area contributed by atoms with Crippen LogP contribution in [-0.2, 0) is 16.0 Å². The second-order valence-electron chi connectivity index (χ2n) is 8.24. The number of ether oxygens (including phenoxy) is 1. The fourth-order valence-corrected chi connectivity index (χ4v) is 4.01. The number of nitrogens with one attached hydrogen (secondary N) is 4. The highest BCUT2D eigenvalue weighted by Crippen LogP contribution is 2.28. The van der Waals surface area contributed by atoms with Gasteiger partial charge in [-0.25, -0.2) is 19.3 Å². The summed E-state index contributed by atoms with van der Waals surface area (Å²) in [7, 11) is 1.22. The van der Waals surface area contributed by atoms with Gasteiger partial charge < -0.3 is 15.0 Å². The molecule has 3 aromatic carbocycles. The van der Waals surface area contributed by atoms with E-state index in [1.165, 1.54) is 13.2 Å². The molecule has 2 heterocycles. The minimum absolute atomic E-state index is 0.166. The first-order chi connectivity index (χ1) is 17.9. The summed E-state index contributed by atoms with van der Waals surface area (Å²) in [5.41, 5.74) is 3.35. The maximum Gasteiger partial charge on any atom is 0.325 e. The summed E-state index contributed by atoms with van der Waals surface area (Å²) in [5, 5.41) is 12.9. The lowest BCUT2D eigenvalue weighted by Crippen LogP contribution is -2.34. The summed E-state index contributed by atoms with van der Waals surface area (Å²) in [6, 6.07) is 16.6. The van der Waals surface area contributed by atoms with Gasteiger partial charge in [0.2, 0.25) is 5.95 Å². The van der Waals surface area contributed by atoms with Crippen LogP contribution in [0.25, 0.3) is 32.9 Å². The van der Waals surface area contributed by atoms with Gasteiger partial charge >= 0.3 is 12.0 Å². The second-order valence-corrected chi connectivity index (χ2v) is 8.24. The molecule has 0 atom stereocenters. The fourth-order valence-electron chi connectivity index (χ4n) is 4.01. The molecule has 186 valence electrons. The molecular formula is C26H21FN6O4. The number of H-pyrrole nitrogens is 2. The molecule has 0 radical (unpaired) electrons. The molecule has 0 aliphatic rings. The Balaban J connectivity index is 1.40. The van der Waals surface area contributed by atoms with Gasteiger partial charge in [-0.2, -0.15) is 5.10 Å². The van der Waals surface area contributed by atoms with Crippen LogP contribution in [0.15, 0.2) is 65.5 Å². The van der Waals surface area contributed by atoms with Crippen molar-refractivity contribution in [3.63, 3.8) is 0 Å². The Labute approximate surface area is 208 Å². The molecule has 5 rings (SSSR count). The number of hydrogen-bond donors (Lipinski definition) is 4. The molecule has 4 N–H and O–H groups in total. The lowest BCUT2D eigenvalue weighted by Gasteiger charge is -2.09. The van der Waals surface area contributed by atoms with Crippen LogP contribution in [0.4, 0.5) is 15.1 Å². The first-order valence-electron chi connectivity index (χ1n) is 11.3. The van der Waals surface area contributed by atoms with Crippen molar-refractivity contribution in [3.8, 4) is 11.1 Å². The molecule has 37 heavy (non-hydrogen) atoms. The maximum atomic E-state index is 14.9. The number of urea groups is 1. The van der Waals surface area contributed by atoms with Crippen molar-refractivity contribution in [2.24, 2.45) is 0 Å². The third kappa shape index (κ3) is 5.01. The van der Waals surface area contributed by atoms with Crippen molar-refractivity contribution in [2.45, 2.75) is 6.42 Å². The predicted octanol–water partition coefficient (Wildman–Crippen LogP) is 3.49. The van der Waals surface area contributed by atoms with Gasteiger partial charge in [-0.3, -0.25) is 14.9 Å². The Hall–Kier alpha value is -5.06. The summed E-state index contributed by atoms with van der Waals surface area (Å²) in [4.78, 5) is 42.5. The van der Waals surface area contributed by atoms with Crippen LogP contribution in [0.2, 0.25) is 0 Å². The molecule has 0 unspecified atom stereocenters. The fraction of sp³-hybridized carbons (Fsp3) is 0.115. The van der Waals surface area contributed by atoms with Gasteiger partial charge in [0.05, 0.1) is 29.2 Å². The van der Waals surface area contributed by atoms with Gasteiger partial charge in [0, 0.05) is 17.4 Å². The number of aromatic nitrogens is 4. The van der Waals surface area contributed by atoms with E-state index in [2.05, 4.69) is 35.5 Å². The van der Waals surface area contributed by atoms with Crippen molar-refractivity contribution in [2.75, 3.05) is 19.0 Å². The van der Waals surface area contributed by atoms with Crippen LogP contribution in [0.1, 0.15) is 11.3 Å². The van der Waals surface area contributed by atoms with Crippen LogP contribution in [0, 0.1) is 5.82 Å². The molecule has 0 aliphatic heterocycles. The van der Waals surface area contributed by atoms with Crippen molar-refractivity contribution >= 4 is 39.8 Å². The number of aromatic amines is 2. The Kier molecular flexibility index (Phi) is 6.33. The summed E-state index contributed by atoms with van der Waals surface area (Å²) >= 11 is 0. The molecule has 0 spiro atoms. The largest absolute Gasteiger partial charge is 0.468 e. The predicted molar refractivity (Wildman–Crippen MR) is 136 cm³/mol. The quantitative estimate of drug-likeness (QED) is 0.263. The normalized spacial score (nSPS) is 11.0. The first-order valence-corrected chi connectivity index (χ1v) is 11.3. The number of fused-ring (bicyclic) bond motifs is 2. The zero-order valence-electron chi connectivity index (χ0n) is 19.6. The van der Waals surface area contributed by atoms with Crippen molar-refractivity contribution in [3.05, 3.63) is 88.1 Å². The highest BCUT2D eigenvalue weighted by Gasteiger charge is 2.13. The monoisotopic (exact) mass is 500 g/mol. The third-order valence-corrected chi connectivity index (χ3v) is 5.82. The molecule has 0 saturated carbocycles. The molecule has 0 saturated heterocycles. The Bertz CT molecular complexity index is 1710. The van der Waals surface area contributed by atoms with Gasteiger partial charge in [-0.15, -0.1) is 0 Å². The molecule has 5 aromatic rings. The van der Waals surface area contributed by atoms with Crippen molar-refractivity contribution in [1.82, 2.24) is 25.5 Å². The third-order valence-electron chi connectivity index (χ3n) is 5.82. The van der Waals surface area contributed by atoms with Gasteiger partial charge in [0.25, 0.3) is 5.56 Å². The molecule has 10 nitrogen and oxygen atoms in total. The smallest absolute Gasteiger partial charge is 0.325 e. The number of esters is 1. The van der Waals surface area contributed by atoms with E-state index in [1.807, 2.05) is 12.1 Å². The summed E-state index contributed by atoms with van der Waals surface area (Å²) in [6.07, 6.45) is 0.393. The highest BCUT2D eigenvalue weighted by molar-refractivity contribution is 5.92. The van der Waals surface area contributed by atoms with E-state index < -0.39 is 17.8 Å². The Morgan fingerprint density at radius 3 is 2.68 bits per heavy atom. The topological polar surface area (TPSA) is 142 Å². The van der Waals surface area contributed by atoms with Gasteiger partial charge in [0.15, 0.2) is 0 Å². The molecule has 0 fully saturated rings. The average molecular weight is 500 g/mol. The minimum atomic E-state index is -0.633. The average Bonchev–Trinajstić information content (AvgIpc) is 3.31. The number of hydrogen-bond acceptors (Lipinski definition) is 6. The number of imidazole rings is 1. The van der Waals surface area contributed by atoms with E-state index in [4.69, 9.17) is 0 Å². The van der Waals surface area contributed by atoms with Crippen LogP contribution < -0.4 is 16.2 Å². The zero-order valence-corrected chi connectivity index (χ0v) is 19.6. The number of benzene rings is 3. The number of anilines is 1. The zero-order chi connectivity index (χ0) is 25.9. The van der Waals surface area contributed by atoms with Crippen LogP contribution in [-0.4, -0.2) is 45.8 Å². The van der Waals surface area contributed by atoms with Gasteiger partial charge in [-0.05, 0) is 41.5 Å². The van der Waals surface area contributed by atoms with E-state index in [0.717, 1.165) is 10.9 Å². The minimum Gasteiger partial charge on any atom is -0.468 e. The van der Waals surface area contributed by atoms with Gasteiger partial charge in [0.1, 0.15) is 12.4 Å². The van der Waals surface area contributed by atoms with E-state index in [0.29, 0.717) is 39.7 Å². The first kappa shape index (κ1) is 23.7. The number of nitrogens with zero attached hydrogens (tertiary/aromatic N) is 2. The van der Waals surface area contributed by atoms with E-state index in [-0.39, 0.29) is 18.1 Å². The summed E-state index contributed by atoms with van der Waals surface area (Å²) in [6.45, 7) is -0.285. The molecule has 2 amide bonds. The van der Waals surface area contributed by atoms with Crippen molar-refractivity contribution in [1.29, 1.82) is 0 Å². The van der Waals surface area contributed by atoms with E-state index in [1.54, 1.807) is 42.5 Å². The summed E-state index contributed by atoms with van der Waals surface area (Å²) in [5.74, 6) is -0.823. The number of amides is 2. The molecule has 0 aliphatic carbocycles. The van der Waals surface area contributed by atoms with E-state index >= 15 is 0 Å². The maximum absolute atomic E-state index is 14.9. The Morgan fingerprint density at radius 1 is 1.05 bits per heavy atom.